The van der Waals surface area contributed by atoms with Gasteiger partial charge in [-0.3, -0.25) is 0 Å². The number of nitrogens with one attached hydrogen (secondary N) is 1. The van der Waals surface area contributed by atoms with E-state index in [-0.39, 0.29) is 0 Å². The SMILES string of the molecule is N#Cc1cccc(CNC2CCCCc3ccccc32)c1. The first kappa shape index (κ1) is 13.9. The minimum absolute atomic E-state index is 0.425. The Kier molecular flexibility index (Phi) is 4.33. The van der Waals surface area contributed by atoms with Gasteiger partial charge in [0.15, 0.2) is 0 Å². The average molecular weight is 276 g/mol. The molecule has 0 amide bonds. The van der Waals surface area contributed by atoms with Crippen molar-refractivity contribution in [2.24, 2.45) is 0 Å². The van der Waals surface area contributed by atoms with Crippen LogP contribution < -0.4 is 5.32 Å². The second-order valence-corrected chi connectivity index (χ2v) is 5.69. The zero-order valence-corrected chi connectivity index (χ0v) is 12.2. The van der Waals surface area contributed by atoms with Gasteiger partial charge in [-0.2, -0.15) is 5.26 Å². The summed E-state index contributed by atoms with van der Waals surface area (Å²) in [6.45, 7) is 0.814. The molecule has 2 aromatic carbocycles. The van der Waals surface area contributed by atoms with Gasteiger partial charge < -0.3 is 5.32 Å². The van der Waals surface area contributed by atoms with Crippen LogP contribution in [0.3, 0.4) is 0 Å². The third kappa shape index (κ3) is 3.32. The maximum absolute atomic E-state index is 8.98. The molecule has 0 aliphatic heterocycles. The van der Waals surface area contributed by atoms with Crippen LogP contribution in [-0.4, -0.2) is 0 Å². The van der Waals surface area contributed by atoms with E-state index in [1.807, 2.05) is 18.2 Å². The van der Waals surface area contributed by atoms with Crippen molar-refractivity contribution in [2.45, 2.75) is 38.3 Å². The van der Waals surface area contributed by atoms with Crippen molar-refractivity contribution in [3.8, 4) is 6.07 Å². The fourth-order valence-electron chi connectivity index (χ4n) is 3.13. The van der Waals surface area contributed by atoms with Crippen molar-refractivity contribution in [1.29, 1.82) is 5.26 Å². The summed E-state index contributed by atoms with van der Waals surface area (Å²) in [5.41, 5.74) is 4.84. The Morgan fingerprint density at radius 3 is 2.90 bits per heavy atom. The van der Waals surface area contributed by atoms with Gasteiger partial charge in [0.25, 0.3) is 0 Å². The Labute approximate surface area is 126 Å². The Balaban J connectivity index is 1.74. The number of fused-ring (bicyclic) bond motifs is 1. The van der Waals surface area contributed by atoms with E-state index in [0.29, 0.717) is 6.04 Å². The van der Waals surface area contributed by atoms with Crippen molar-refractivity contribution in [3.63, 3.8) is 0 Å². The molecule has 21 heavy (non-hydrogen) atoms. The molecule has 2 aromatic rings. The van der Waals surface area contributed by atoms with E-state index in [0.717, 1.165) is 12.1 Å². The van der Waals surface area contributed by atoms with E-state index in [1.165, 1.54) is 42.4 Å². The molecule has 106 valence electrons. The van der Waals surface area contributed by atoms with Gasteiger partial charge in [-0.1, -0.05) is 42.8 Å². The monoisotopic (exact) mass is 276 g/mol. The van der Waals surface area contributed by atoms with Crippen molar-refractivity contribution in [2.75, 3.05) is 0 Å². The van der Waals surface area contributed by atoms with Gasteiger partial charge in [0.05, 0.1) is 11.6 Å². The second-order valence-electron chi connectivity index (χ2n) is 5.69. The predicted octanol–water partition coefficient (Wildman–Crippen LogP) is 4.12. The van der Waals surface area contributed by atoms with Crippen LogP contribution in [-0.2, 0) is 13.0 Å². The topological polar surface area (TPSA) is 35.8 Å². The van der Waals surface area contributed by atoms with Crippen molar-refractivity contribution < 1.29 is 0 Å². The highest BCUT2D eigenvalue weighted by Crippen LogP contribution is 2.28. The van der Waals surface area contributed by atoms with Gasteiger partial charge in [0.2, 0.25) is 0 Å². The summed E-state index contributed by atoms with van der Waals surface area (Å²) in [5.74, 6) is 0. The second kappa shape index (κ2) is 6.56. The van der Waals surface area contributed by atoms with Crippen LogP contribution in [0.4, 0.5) is 0 Å². The van der Waals surface area contributed by atoms with Gasteiger partial charge in [-0.25, -0.2) is 0 Å². The van der Waals surface area contributed by atoms with E-state index in [4.69, 9.17) is 5.26 Å². The van der Waals surface area contributed by atoms with Crippen LogP contribution >= 0.6 is 0 Å². The van der Waals surface area contributed by atoms with E-state index in [1.54, 1.807) is 0 Å². The molecule has 1 aliphatic rings. The highest BCUT2D eigenvalue weighted by Gasteiger charge is 2.17. The number of benzene rings is 2. The molecule has 0 aromatic heterocycles. The molecule has 0 spiro atoms. The molecule has 1 N–H and O–H groups in total. The number of aryl methyl sites for hydroxylation is 1. The van der Waals surface area contributed by atoms with Gasteiger partial charge in [0, 0.05) is 12.6 Å². The molecular weight excluding hydrogens is 256 g/mol. The number of nitrogens with zero attached hydrogens (tertiary/aromatic N) is 1. The Hall–Kier alpha value is -2.11. The molecule has 3 rings (SSSR count). The minimum atomic E-state index is 0.425. The summed E-state index contributed by atoms with van der Waals surface area (Å²) in [6.07, 6.45) is 4.93. The lowest BCUT2D eigenvalue weighted by atomic mass is 9.99. The van der Waals surface area contributed by atoms with Crippen LogP contribution in [0.1, 0.15) is 47.6 Å². The Bertz CT molecular complexity index is 655. The maximum atomic E-state index is 8.98. The molecule has 0 saturated carbocycles. The number of hydrogen-bond acceptors (Lipinski definition) is 2. The normalized spacial score (nSPS) is 17.6. The smallest absolute Gasteiger partial charge is 0.0991 e. The first-order chi connectivity index (χ1) is 10.4. The number of nitriles is 1. The van der Waals surface area contributed by atoms with Crippen LogP contribution in [0.5, 0.6) is 0 Å². The fraction of sp³-hybridized carbons (Fsp3) is 0.316. The zero-order valence-electron chi connectivity index (χ0n) is 12.2. The molecule has 0 bridgehead atoms. The lowest BCUT2D eigenvalue weighted by Gasteiger charge is -2.19. The molecule has 0 fully saturated rings. The summed E-state index contributed by atoms with van der Waals surface area (Å²) >= 11 is 0. The fourth-order valence-corrected chi connectivity index (χ4v) is 3.13. The molecule has 1 aliphatic carbocycles. The molecule has 0 radical (unpaired) electrons. The lowest BCUT2D eigenvalue weighted by Crippen LogP contribution is -2.21. The lowest BCUT2D eigenvalue weighted by molar-refractivity contribution is 0.489. The largest absolute Gasteiger partial charge is 0.306 e. The first-order valence-corrected chi connectivity index (χ1v) is 7.67. The van der Waals surface area contributed by atoms with Crippen molar-refractivity contribution in [3.05, 3.63) is 70.8 Å². The molecule has 1 atom stereocenters. The highest BCUT2D eigenvalue weighted by atomic mass is 14.9. The van der Waals surface area contributed by atoms with Crippen LogP contribution in [0.15, 0.2) is 48.5 Å². The van der Waals surface area contributed by atoms with Crippen LogP contribution in [0.2, 0.25) is 0 Å². The van der Waals surface area contributed by atoms with E-state index >= 15 is 0 Å². The summed E-state index contributed by atoms with van der Waals surface area (Å²) in [5, 5.41) is 12.7. The molecule has 2 heteroatoms. The molecule has 1 unspecified atom stereocenters. The standard InChI is InChI=1S/C19H20N2/c20-13-15-6-5-7-16(12-15)14-21-19-11-4-2-9-17-8-1-3-10-18(17)19/h1,3,5-8,10,12,19,21H,2,4,9,11,14H2. The van der Waals surface area contributed by atoms with Crippen molar-refractivity contribution >= 4 is 0 Å². The van der Waals surface area contributed by atoms with Gasteiger partial charge in [-0.05, 0) is 48.1 Å². The number of hydrogen-bond donors (Lipinski definition) is 1. The van der Waals surface area contributed by atoms with Gasteiger partial charge in [-0.15, -0.1) is 0 Å². The molecular formula is C19H20N2. The molecule has 0 saturated heterocycles. The first-order valence-electron chi connectivity index (χ1n) is 7.67. The average Bonchev–Trinajstić information content (AvgIpc) is 2.75. The van der Waals surface area contributed by atoms with Gasteiger partial charge >= 0.3 is 0 Å². The van der Waals surface area contributed by atoms with Crippen LogP contribution in [0.25, 0.3) is 0 Å². The van der Waals surface area contributed by atoms with E-state index in [2.05, 4.69) is 41.7 Å². The predicted molar refractivity (Wildman–Crippen MR) is 84.7 cm³/mol. The Morgan fingerprint density at radius 1 is 1.10 bits per heavy atom. The van der Waals surface area contributed by atoms with E-state index < -0.39 is 0 Å². The van der Waals surface area contributed by atoms with Crippen molar-refractivity contribution in [1.82, 2.24) is 5.32 Å². The highest BCUT2D eigenvalue weighted by molar-refractivity contribution is 5.34. The zero-order chi connectivity index (χ0) is 14.5. The Morgan fingerprint density at radius 2 is 2.00 bits per heavy atom. The summed E-state index contributed by atoms with van der Waals surface area (Å²) in [4.78, 5) is 0. The maximum Gasteiger partial charge on any atom is 0.0991 e. The summed E-state index contributed by atoms with van der Waals surface area (Å²) in [7, 11) is 0. The third-order valence-electron chi connectivity index (χ3n) is 4.23. The van der Waals surface area contributed by atoms with E-state index in [9.17, 15) is 0 Å². The minimum Gasteiger partial charge on any atom is -0.306 e. The number of rotatable bonds is 3. The summed E-state index contributed by atoms with van der Waals surface area (Å²) in [6, 6.07) is 19.3. The quantitative estimate of drug-likeness (QED) is 0.856. The van der Waals surface area contributed by atoms with Gasteiger partial charge in [0.1, 0.15) is 0 Å². The van der Waals surface area contributed by atoms with Crippen LogP contribution in [0, 0.1) is 11.3 Å². The summed E-state index contributed by atoms with van der Waals surface area (Å²) < 4.78 is 0. The third-order valence-corrected chi connectivity index (χ3v) is 4.23. The molecule has 0 heterocycles. The molecule has 2 nitrogen and oxygen atoms in total.